The lowest BCUT2D eigenvalue weighted by Gasteiger charge is -2.26. The Morgan fingerprint density at radius 1 is 1.19 bits per heavy atom. The summed E-state index contributed by atoms with van der Waals surface area (Å²) in [6, 6.07) is 16.5. The molecule has 0 saturated carbocycles. The molecule has 3 rings (SSSR count). The monoisotopic (exact) mass is 301 g/mol. The SMILES string of the molecule is CC1Cc2ccccc2N1CCC(O)c1ccc(Cl)cc1. The lowest BCUT2D eigenvalue weighted by Crippen LogP contribution is -2.31. The van der Waals surface area contributed by atoms with Gasteiger partial charge in [0.15, 0.2) is 0 Å². The van der Waals surface area contributed by atoms with Crippen LogP contribution in [0.3, 0.4) is 0 Å². The predicted octanol–water partition coefficient (Wildman–Crippen LogP) is 4.21. The highest BCUT2D eigenvalue weighted by atomic mass is 35.5. The molecule has 0 radical (unpaired) electrons. The Balaban J connectivity index is 1.66. The Morgan fingerprint density at radius 3 is 2.67 bits per heavy atom. The highest BCUT2D eigenvalue weighted by molar-refractivity contribution is 6.30. The fraction of sp³-hybridized carbons (Fsp3) is 0.333. The molecule has 2 unspecified atom stereocenters. The summed E-state index contributed by atoms with van der Waals surface area (Å²) in [5.74, 6) is 0. The minimum absolute atomic E-state index is 0.442. The highest BCUT2D eigenvalue weighted by Gasteiger charge is 2.25. The Kier molecular flexibility index (Phi) is 4.18. The topological polar surface area (TPSA) is 23.5 Å². The number of fused-ring (bicyclic) bond motifs is 1. The third-order valence-corrected chi connectivity index (χ3v) is 4.50. The van der Waals surface area contributed by atoms with Gasteiger partial charge in [-0.3, -0.25) is 0 Å². The van der Waals surface area contributed by atoms with Gasteiger partial charge >= 0.3 is 0 Å². The number of hydrogen-bond donors (Lipinski definition) is 1. The van der Waals surface area contributed by atoms with E-state index in [0.29, 0.717) is 11.1 Å². The van der Waals surface area contributed by atoms with Gasteiger partial charge in [-0.25, -0.2) is 0 Å². The van der Waals surface area contributed by atoms with Crippen LogP contribution >= 0.6 is 11.6 Å². The first kappa shape index (κ1) is 14.4. The van der Waals surface area contributed by atoms with Gasteiger partial charge in [0.25, 0.3) is 0 Å². The van der Waals surface area contributed by atoms with E-state index in [-0.39, 0.29) is 0 Å². The van der Waals surface area contributed by atoms with Crippen molar-refractivity contribution in [1.29, 1.82) is 0 Å². The summed E-state index contributed by atoms with van der Waals surface area (Å²) in [6.45, 7) is 3.11. The number of aliphatic hydroxyl groups is 1. The molecule has 0 fully saturated rings. The second-order valence-corrected chi connectivity index (χ2v) is 6.17. The van der Waals surface area contributed by atoms with Crippen molar-refractivity contribution in [3.05, 3.63) is 64.7 Å². The van der Waals surface area contributed by atoms with Gasteiger partial charge in [-0.2, -0.15) is 0 Å². The largest absolute Gasteiger partial charge is 0.388 e. The number of benzene rings is 2. The maximum Gasteiger partial charge on any atom is 0.0806 e. The molecule has 2 aromatic carbocycles. The molecular weight excluding hydrogens is 282 g/mol. The van der Waals surface area contributed by atoms with Gasteiger partial charge in [0.2, 0.25) is 0 Å². The molecule has 2 nitrogen and oxygen atoms in total. The highest BCUT2D eigenvalue weighted by Crippen LogP contribution is 2.32. The van der Waals surface area contributed by atoms with Crippen molar-refractivity contribution in [2.24, 2.45) is 0 Å². The second-order valence-electron chi connectivity index (χ2n) is 5.73. The first-order valence-electron chi connectivity index (χ1n) is 7.43. The minimum Gasteiger partial charge on any atom is -0.388 e. The van der Waals surface area contributed by atoms with E-state index in [1.54, 1.807) is 0 Å². The second kappa shape index (κ2) is 6.08. The molecule has 3 heteroatoms. The van der Waals surface area contributed by atoms with Gasteiger partial charge in [-0.15, -0.1) is 0 Å². The Labute approximate surface area is 131 Å². The molecule has 0 aliphatic carbocycles. The molecule has 0 aromatic heterocycles. The molecule has 110 valence electrons. The summed E-state index contributed by atoms with van der Waals surface area (Å²) >= 11 is 5.88. The number of halogens is 1. The third-order valence-electron chi connectivity index (χ3n) is 4.25. The van der Waals surface area contributed by atoms with E-state index >= 15 is 0 Å². The van der Waals surface area contributed by atoms with Crippen molar-refractivity contribution in [2.45, 2.75) is 31.9 Å². The average molecular weight is 302 g/mol. The molecule has 0 saturated heterocycles. The zero-order chi connectivity index (χ0) is 14.8. The van der Waals surface area contributed by atoms with Gasteiger partial charge in [0.05, 0.1) is 6.10 Å². The van der Waals surface area contributed by atoms with Crippen LogP contribution in [0.15, 0.2) is 48.5 Å². The molecule has 0 spiro atoms. The molecule has 1 heterocycles. The van der Waals surface area contributed by atoms with Crippen molar-refractivity contribution < 1.29 is 5.11 Å². The molecule has 2 aromatic rings. The van der Waals surface area contributed by atoms with E-state index < -0.39 is 6.10 Å². The zero-order valence-corrected chi connectivity index (χ0v) is 12.9. The first-order valence-corrected chi connectivity index (χ1v) is 7.81. The maximum absolute atomic E-state index is 10.3. The maximum atomic E-state index is 10.3. The number of hydrogen-bond acceptors (Lipinski definition) is 2. The number of para-hydroxylation sites is 1. The van der Waals surface area contributed by atoms with Crippen LogP contribution in [0.1, 0.15) is 30.6 Å². The van der Waals surface area contributed by atoms with Crippen molar-refractivity contribution in [1.82, 2.24) is 0 Å². The smallest absolute Gasteiger partial charge is 0.0806 e. The molecule has 21 heavy (non-hydrogen) atoms. The van der Waals surface area contributed by atoms with Crippen LogP contribution < -0.4 is 4.90 Å². The summed E-state index contributed by atoms with van der Waals surface area (Å²) in [5.41, 5.74) is 3.65. The van der Waals surface area contributed by atoms with Crippen LogP contribution in [-0.4, -0.2) is 17.7 Å². The molecular formula is C18H20ClNO. The summed E-state index contributed by atoms with van der Waals surface area (Å²) < 4.78 is 0. The van der Waals surface area contributed by atoms with Gasteiger partial charge in [0, 0.05) is 23.3 Å². The average Bonchev–Trinajstić information content (AvgIpc) is 2.81. The van der Waals surface area contributed by atoms with Crippen LogP contribution in [-0.2, 0) is 6.42 Å². The molecule has 1 aliphatic heterocycles. The van der Waals surface area contributed by atoms with Crippen LogP contribution in [0, 0.1) is 0 Å². The van der Waals surface area contributed by atoms with Crippen molar-refractivity contribution >= 4 is 17.3 Å². The van der Waals surface area contributed by atoms with Crippen molar-refractivity contribution in [2.75, 3.05) is 11.4 Å². The van der Waals surface area contributed by atoms with Crippen LogP contribution in [0.25, 0.3) is 0 Å². The molecule has 0 bridgehead atoms. The van der Waals surface area contributed by atoms with E-state index in [1.165, 1.54) is 11.3 Å². The summed E-state index contributed by atoms with van der Waals surface area (Å²) in [7, 11) is 0. The van der Waals surface area contributed by atoms with Gasteiger partial charge in [0.1, 0.15) is 0 Å². The standard InChI is InChI=1S/C18H20ClNO/c1-13-12-15-4-2-3-5-17(15)20(13)11-10-18(21)14-6-8-16(19)9-7-14/h2-9,13,18,21H,10-12H2,1H3. The van der Waals surface area contributed by atoms with E-state index in [2.05, 4.69) is 36.1 Å². The Morgan fingerprint density at radius 2 is 1.90 bits per heavy atom. The third kappa shape index (κ3) is 3.07. The molecule has 1 aliphatic rings. The van der Waals surface area contributed by atoms with E-state index in [4.69, 9.17) is 11.6 Å². The van der Waals surface area contributed by atoms with Gasteiger partial charge in [-0.05, 0) is 49.1 Å². The number of anilines is 1. The predicted molar refractivity (Wildman–Crippen MR) is 88.0 cm³/mol. The van der Waals surface area contributed by atoms with E-state index in [9.17, 15) is 5.11 Å². The fourth-order valence-electron chi connectivity index (χ4n) is 3.08. The number of nitrogens with zero attached hydrogens (tertiary/aromatic N) is 1. The van der Waals surface area contributed by atoms with Crippen LogP contribution in [0.5, 0.6) is 0 Å². The van der Waals surface area contributed by atoms with Gasteiger partial charge < -0.3 is 10.0 Å². The Bertz CT molecular complexity index is 611. The summed E-state index contributed by atoms with van der Waals surface area (Å²) in [5, 5.41) is 11.0. The zero-order valence-electron chi connectivity index (χ0n) is 12.2. The minimum atomic E-state index is -0.442. The number of rotatable bonds is 4. The summed E-state index contributed by atoms with van der Waals surface area (Å²) in [4.78, 5) is 2.40. The quantitative estimate of drug-likeness (QED) is 0.914. The lowest BCUT2D eigenvalue weighted by molar-refractivity contribution is 0.169. The van der Waals surface area contributed by atoms with Crippen LogP contribution in [0.2, 0.25) is 5.02 Å². The van der Waals surface area contributed by atoms with E-state index in [1.807, 2.05) is 24.3 Å². The molecule has 1 N–H and O–H groups in total. The van der Waals surface area contributed by atoms with Gasteiger partial charge in [-0.1, -0.05) is 41.9 Å². The van der Waals surface area contributed by atoms with Crippen molar-refractivity contribution in [3.63, 3.8) is 0 Å². The molecule has 0 amide bonds. The van der Waals surface area contributed by atoms with Crippen LogP contribution in [0.4, 0.5) is 5.69 Å². The Hall–Kier alpha value is -1.51. The lowest BCUT2D eigenvalue weighted by atomic mass is 10.1. The van der Waals surface area contributed by atoms with Crippen molar-refractivity contribution in [3.8, 4) is 0 Å². The summed E-state index contributed by atoms with van der Waals surface area (Å²) in [6.07, 6.45) is 1.37. The molecule has 2 atom stereocenters. The number of aliphatic hydroxyl groups excluding tert-OH is 1. The normalized spacial score (nSPS) is 18.6. The van der Waals surface area contributed by atoms with E-state index in [0.717, 1.165) is 24.9 Å². The fourth-order valence-corrected chi connectivity index (χ4v) is 3.21. The first-order chi connectivity index (χ1) is 10.1.